The Hall–Kier alpha value is -1.77. The van der Waals surface area contributed by atoms with Crippen molar-refractivity contribution >= 4 is 16.7 Å². The van der Waals surface area contributed by atoms with Crippen LogP contribution in [0.4, 0.5) is 5.82 Å². The number of anilines is 1. The van der Waals surface area contributed by atoms with Crippen molar-refractivity contribution in [3.05, 3.63) is 35.9 Å². The summed E-state index contributed by atoms with van der Waals surface area (Å²) in [7, 11) is 0. The molecule has 3 nitrogen and oxygen atoms in total. The van der Waals surface area contributed by atoms with E-state index >= 15 is 0 Å². The van der Waals surface area contributed by atoms with Crippen LogP contribution in [0.3, 0.4) is 0 Å². The highest BCUT2D eigenvalue weighted by atomic mass is 15.2. The summed E-state index contributed by atoms with van der Waals surface area (Å²) < 4.78 is 0. The highest BCUT2D eigenvalue weighted by Gasteiger charge is 2.34. The summed E-state index contributed by atoms with van der Waals surface area (Å²) in [5, 5.41) is 12.4. The van der Waals surface area contributed by atoms with E-state index in [1.165, 1.54) is 24.6 Å². The summed E-state index contributed by atoms with van der Waals surface area (Å²) in [4.78, 5) is 0. The van der Waals surface area contributed by atoms with E-state index in [1.54, 1.807) is 5.57 Å². The highest BCUT2D eigenvalue weighted by Crippen LogP contribution is 2.45. The van der Waals surface area contributed by atoms with Crippen molar-refractivity contribution in [3.8, 4) is 0 Å². The van der Waals surface area contributed by atoms with Crippen molar-refractivity contribution in [1.29, 1.82) is 0 Å². The Bertz CT molecular complexity index is 681. The number of allylic oxidation sites excluding steroid dienone is 1. The molecule has 0 amide bonds. The van der Waals surface area contributed by atoms with E-state index in [2.05, 4.69) is 53.6 Å². The Kier molecular flexibility index (Phi) is 3.02. The van der Waals surface area contributed by atoms with Crippen molar-refractivity contribution in [2.24, 2.45) is 17.8 Å². The van der Waals surface area contributed by atoms with Gasteiger partial charge in [-0.2, -0.15) is 5.10 Å². The second-order valence-electron chi connectivity index (χ2n) is 6.84. The van der Waals surface area contributed by atoms with Gasteiger partial charge in [-0.25, -0.2) is 0 Å². The fraction of sp³-hybridized carbons (Fsp3) is 0.500. The maximum absolute atomic E-state index is 4.46. The zero-order chi connectivity index (χ0) is 14.4. The monoisotopic (exact) mass is 281 g/mol. The average Bonchev–Trinajstić information content (AvgIpc) is 3.24. The van der Waals surface area contributed by atoms with Crippen LogP contribution in [-0.4, -0.2) is 16.2 Å². The van der Waals surface area contributed by atoms with E-state index in [1.807, 2.05) is 6.07 Å². The Labute approximate surface area is 125 Å². The summed E-state index contributed by atoms with van der Waals surface area (Å²) in [6, 6.07) is 8.72. The van der Waals surface area contributed by atoms with E-state index in [4.69, 9.17) is 0 Å². The van der Waals surface area contributed by atoms with Gasteiger partial charge in [0.2, 0.25) is 0 Å². The Morgan fingerprint density at radius 3 is 2.81 bits per heavy atom. The summed E-state index contributed by atoms with van der Waals surface area (Å²) in [5.41, 5.74) is 2.79. The molecule has 2 aliphatic carbocycles. The summed E-state index contributed by atoms with van der Waals surface area (Å²) in [5.74, 6) is 3.26. The molecular weight excluding hydrogens is 258 g/mol. The third kappa shape index (κ3) is 2.35. The number of benzene rings is 1. The van der Waals surface area contributed by atoms with Crippen LogP contribution in [0.15, 0.2) is 35.9 Å². The van der Waals surface area contributed by atoms with Crippen LogP contribution in [0.1, 0.15) is 33.1 Å². The lowest BCUT2D eigenvalue weighted by atomic mass is 9.78. The lowest BCUT2D eigenvalue weighted by Crippen LogP contribution is -2.32. The van der Waals surface area contributed by atoms with Crippen LogP contribution in [0.25, 0.3) is 10.9 Å². The minimum Gasteiger partial charge on any atom is -0.362 e. The maximum atomic E-state index is 4.46. The van der Waals surface area contributed by atoms with Crippen molar-refractivity contribution in [1.82, 2.24) is 10.2 Å². The molecule has 21 heavy (non-hydrogen) atoms. The van der Waals surface area contributed by atoms with Crippen molar-refractivity contribution in [3.63, 3.8) is 0 Å². The number of hydrogen-bond donors (Lipinski definition) is 2. The minimum atomic E-state index is 0.406. The number of fused-ring (bicyclic) bond motifs is 1. The van der Waals surface area contributed by atoms with Gasteiger partial charge in [-0.3, -0.25) is 5.10 Å². The molecule has 0 saturated heterocycles. The van der Waals surface area contributed by atoms with Gasteiger partial charge in [0.05, 0.1) is 5.52 Å². The normalized spacial score (nSPS) is 29.4. The van der Waals surface area contributed by atoms with Gasteiger partial charge in [-0.1, -0.05) is 37.6 Å². The molecule has 0 bridgehead atoms. The third-order valence-electron chi connectivity index (χ3n) is 5.10. The molecule has 0 aliphatic heterocycles. The first-order valence-electron chi connectivity index (χ1n) is 8.13. The average molecular weight is 281 g/mol. The summed E-state index contributed by atoms with van der Waals surface area (Å²) in [6.45, 7) is 4.74. The molecule has 0 radical (unpaired) electrons. The molecule has 1 heterocycles. The molecule has 1 fully saturated rings. The topological polar surface area (TPSA) is 40.7 Å². The van der Waals surface area contributed by atoms with E-state index in [0.717, 1.165) is 23.2 Å². The zero-order valence-electron chi connectivity index (χ0n) is 12.8. The van der Waals surface area contributed by atoms with Crippen LogP contribution in [0, 0.1) is 17.8 Å². The van der Waals surface area contributed by atoms with Crippen LogP contribution in [0.2, 0.25) is 0 Å². The molecule has 2 N–H and O–H groups in total. The molecule has 1 aromatic carbocycles. The van der Waals surface area contributed by atoms with Gasteiger partial charge in [0.15, 0.2) is 5.82 Å². The second kappa shape index (κ2) is 4.90. The minimum absolute atomic E-state index is 0.406. The van der Waals surface area contributed by atoms with E-state index in [-0.39, 0.29) is 0 Å². The van der Waals surface area contributed by atoms with Crippen LogP contribution in [0.5, 0.6) is 0 Å². The number of H-pyrrole nitrogens is 1. The molecule has 110 valence electrons. The smallest absolute Gasteiger partial charge is 0.156 e. The predicted octanol–water partition coefficient (Wildman–Crippen LogP) is 4.36. The van der Waals surface area contributed by atoms with Gasteiger partial charge < -0.3 is 5.32 Å². The fourth-order valence-electron chi connectivity index (χ4n) is 3.75. The Balaban J connectivity index is 1.63. The van der Waals surface area contributed by atoms with E-state index in [9.17, 15) is 0 Å². The number of nitrogens with zero attached hydrogens (tertiary/aromatic N) is 1. The number of nitrogens with one attached hydrogen (secondary N) is 2. The first-order chi connectivity index (χ1) is 10.2. The van der Waals surface area contributed by atoms with Gasteiger partial charge in [-0.15, -0.1) is 0 Å². The number of aromatic nitrogens is 2. The zero-order valence-corrected chi connectivity index (χ0v) is 12.8. The molecule has 1 saturated carbocycles. The van der Waals surface area contributed by atoms with Gasteiger partial charge in [0.25, 0.3) is 0 Å². The predicted molar refractivity (Wildman–Crippen MR) is 87.3 cm³/mol. The van der Waals surface area contributed by atoms with Crippen LogP contribution < -0.4 is 5.32 Å². The van der Waals surface area contributed by atoms with E-state index in [0.29, 0.717) is 12.0 Å². The summed E-state index contributed by atoms with van der Waals surface area (Å²) >= 11 is 0. The molecule has 2 aromatic rings. The van der Waals surface area contributed by atoms with E-state index < -0.39 is 0 Å². The lowest BCUT2D eigenvalue weighted by Gasteiger charge is -2.33. The van der Waals surface area contributed by atoms with Gasteiger partial charge in [0, 0.05) is 11.4 Å². The van der Waals surface area contributed by atoms with Crippen molar-refractivity contribution in [2.75, 3.05) is 5.32 Å². The van der Waals surface area contributed by atoms with Crippen molar-refractivity contribution in [2.45, 2.75) is 39.2 Å². The van der Waals surface area contributed by atoms with Gasteiger partial charge in [0.1, 0.15) is 0 Å². The van der Waals surface area contributed by atoms with Crippen molar-refractivity contribution < 1.29 is 0 Å². The number of para-hydroxylation sites is 1. The quantitative estimate of drug-likeness (QED) is 0.821. The van der Waals surface area contributed by atoms with Gasteiger partial charge >= 0.3 is 0 Å². The molecule has 3 heteroatoms. The SMILES string of the molecule is CC1CC(C)C(Nc2n[nH]c3ccccc23)C=C1C1CC1. The number of hydrogen-bond acceptors (Lipinski definition) is 2. The first-order valence-corrected chi connectivity index (χ1v) is 8.13. The molecule has 3 atom stereocenters. The molecule has 0 spiro atoms. The largest absolute Gasteiger partial charge is 0.362 e. The highest BCUT2D eigenvalue weighted by molar-refractivity contribution is 5.89. The third-order valence-corrected chi connectivity index (χ3v) is 5.10. The summed E-state index contributed by atoms with van der Waals surface area (Å²) in [6.07, 6.45) is 6.56. The molecule has 2 aliphatic rings. The number of rotatable bonds is 3. The maximum Gasteiger partial charge on any atom is 0.156 e. The Morgan fingerprint density at radius 2 is 2.00 bits per heavy atom. The first kappa shape index (κ1) is 12.9. The molecular formula is C18H23N3. The Morgan fingerprint density at radius 1 is 1.19 bits per heavy atom. The second-order valence-corrected chi connectivity index (χ2v) is 6.84. The van der Waals surface area contributed by atoms with Crippen LogP contribution >= 0.6 is 0 Å². The lowest BCUT2D eigenvalue weighted by molar-refractivity contribution is 0.393. The molecule has 1 aromatic heterocycles. The molecule has 4 rings (SSSR count). The standard InChI is InChI=1S/C18H23N3/c1-11-9-12(2)17(10-15(11)13-7-8-13)19-18-14-5-3-4-6-16(14)20-21-18/h3-6,10-13,17H,7-9H2,1-2H3,(H2,19,20,21). The van der Waals surface area contributed by atoms with Crippen LogP contribution in [-0.2, 0) is 0 Å². The fourth-order valence-corrected chi connectivity index (χ4v) is 3.75. The number of aromatic amines is 1. The van der Waals surface area contributed by atoms with Gasteiger partial charge in [-0.05, 0) is 49.1 Å². The molecule has 3 unspecified atom stereocenters.